The lowest BCUT2D eigenvalue weighted by Crippen LogP contribution is -2.28. The van der Waals surface area contributed by atoms with Crippen LogP contribution in [0.4, 0.5) is 0 Å². The van der Waals surface area contributed by atoms with Crippen molar-refractivity contribution < 1.29 is 14.2 Å². The second-order valence-electron chi connectivity index (χ2n) is 9.24. The van der Waals surface area contributed by atoms with Gasteiger partial charge in [-0.25, -0.2) is 0 Å². The highest BCUT2D eigenvalue weighted by atomic mass is 16.5. The second kappa shape index (κ2) is 10.1. The number of ether oxygens (including phenoxy) is 3. The third-order valence-corrected chi connectivity index (χ3v) is 5.92. The van der Waals surface area contributed by atoms with E-state index in [0.717, 1.165) is 16.8 Å². The van der Waals surface area contributed by atoms with Gasteiger partial charge in [0.2, 0.25) is 5.62 Å². The average Bonchev–Trinajstić information content (AvgIpc) is 3.10. The number of nitrogens with one attached hydrogen (secondary N) is 1. The molecule has 0 aliphatic heterocycles. The van der Waals surface area contributed by atoms with E-state index in [4.69, 9.17) is 19.6 Å². The third kappa shape index (κ3) is 5.11. The number of nitrogens with zero attached hydrogens (tertiary/aromatic N) is 2. The number of hydrogen-bond acceptors (Lipinski definition) is 4. The molecule has 0 radical (unpaired) electrons. The van der Waals surface area contributed by atoms with Crippen molar-refractivity contribution >= 4 is 11.0 Å². The second-order valence-corrected chi connectivity index (χ2v) is 9.24. The van der Waals surface area contributed by atoms with Crippen LogP contribution >= 0.6 is 0 Å². The van der Waals surface area contributed by atoms with Crippen molar-refractivity contribution in [2.45, 2.75) is 39.3 Å². The molecule has 4 rings (SSSR count). The van der Waals surface area contributed by atoms with E-state index < -0.39 is 0 Å². The van der Waals surface area contributed by atoms with E-state index >= 15 is 0 Å². The van der Waals surface area contributed by atoms with Crippen molar-refractivity contribution in [3.05, 3.63) is 84.0 Å². The van der Waals surface area contributed by atoms with Crippen molar-refractivity contribution in [1.29, 1.82) is 5.41 Å². The van der Waals surface area contributed by atoms with Gasteiger partial charge in [-0.15, -0.1) is 0 Å². The van der Waals surface area contributed by atoms with Gasteiger partial charge in [-0.2, -0.15) is 0 Å². The Hall–Kier alpha value is -3.67. The standard InChI is InChI=1S/C28H33N3O3/c1-28(2,3)21-13-15-22(16-14-21)33-19-17-30-23-9-5-6-10-24(23)31(27(30)29)18-20-34-26-12-8-7-11-25(26)32-4/h5-16,29H,17-20H2,1-4H3. The van der Waals surface area contributed by atoms with Crippen molar-refractivity contribution in [3.8, 4) is 17.2 Å². The number of para-hydroxylation sites is 4. The fourth-order valence-corrected chi connectivity index (χ4v) is 4.04. The van der Waals surface area contributed by atoms with Crippen LogP contribution in [-0.4, -0.2) is 29.5 Å². The van der Waals surface area contributed by atoms with Crippen LogP contribution in [-0.2, 0) is 18.5 Å². The Bertz CT molecular complexity index is 1300. The van der Waals surface area contributed by atoms with Gasteiger partial charge in [-0.3, -0.25) is 5.41 Å². The number of fused-ring (bicyclic) bond motifs is 1. The van der Waals surface area contributed by atoms with Crippen molar-refractivity contribution in [1.82, 2.24) is 9.13 Å². The summed E-state index contributed by atoms with van der Waals surface area (Å²) in [6.07, 6.45) is 0. The average molecular weight is 460 g/mol. The number of hydrogen-bond donors (Lipinski definition) is 1. The first-order chi connectivity index (χ1) is 16.4. The molecule has 0 aliphatic rings. The molecule has 34 heavy (non-hydrogen) atoms. The summed E-state index contributed by atoms with van der Waals surface area (Å²) in [5, 5.41) is 8.81. The third-order valence-electron chi connectivity index (χ3n) is 5.92. The molecule has 4 aromatic rings. The molecule has 0 fully saturated rings. The van der Waals surface area contributed by atoms with Gasteiger partial charge < -0.3 is 23.3 Å². The molecule has 3 aromatic carbocycles. The Morgan fingerprint density at radius 2 is 1.24 bits per heavy atom. The van der Waals surface area contributed by atoms with E-state index in [0.29, 0.717) is 43.4 Å². The number of aromatic nitrogens is 2. The van der Waals surface area contributed by atoms with E-state index in [2.05, 4.69) is 32.9 Å². The molecule has 0 amide bonds. The van der Waals surface area contributed by atoms with E-state index in [1.807, 2.05) is 69.8 Å². The van der Waals surface area contributed by atoms with Crippen LogP contribution in [0.15, 0.2) is 72.8 Å². The maximum absolute atomic E-state index is 8.81. The predicted molar refractivity (Wildman–Crippen MR) is 135 cm³/mol. The normalized spacial score (nSPS) is 11.5. The summed E-state index contributed by atoms with van der Waals surface area (Å²) in [5.41, 5.74) is 3.84. The van der Waals surface area contributed by atoms with Gasteiger partial charge in [-0.1, -0.05) is 57.2 Å². The molecule has 6 heteroatoms. The van der Waals surface area contributed by atoms with Crippen LogP contribution in [0.5, 0.6) is 17.2 Å². The molecular weight excluding hydrogens is 426 g/mol. The van der Waals surface area contributed by atoms with Gasteiger partial charge in [0.05, 0.1) is 31.2 Å². The molecule has 178 valence electrons. The van der Waals surface area contributed by atoms with Crippen LogP contribution in [0.3, 0.4) is 0 Å². The minimum Gasteiger partial charge on any atom is -0.493 e. The maximum atomic E-state index is 8.81. The largest absolute Gasteiger partial charge is 0.493 e. The summed E-state index contributed by atoms with van der Waals surface area (Å²) in [7, 11) is 1.63. The summed E-state index contributed by atoms with van der Waals surface area (Å²) in [6.45, 7) is 8.66. The molecule has 0 atom stereocenters. The van der Waals surface area contributed by atoms with E-state index in [1.54, 1.807) is 7.11 Å². The molecule has 1 heterocycles. The Kier molecular flexibility index (Phi) is 6.96. The Labute approximate surface area is 200 Å². The maximum Gasteiger partial charge on any atom is 0.203 e. The summed E-state index contributed by atoms with van der Waals surface area (Å²) < 4.78 is 21.3. The molecule has 0 saturated carbocycles. The Morgan fingerprint density at radius 3 is 1.79 bits per heavy atom. The van der Waals surface area contributed by atoms with Gasteiger partial charge in [0.1, 0.15) is 19.0 Å². The molecule has 0 unspecified atom stereocenters. The van der Waals surface area contributed by atoms with Crippen molar-refractivity contribution in [3.63, 3.8) is 0 Å². The quantitative estimate of drug-likeness (QED) is 0.365. The van der Waals surface area contributed by atoms with Crippen LogP contribution in [0, 0.1) is 5.41 Å². The highest BCUT2D eigenvalue weighted by Gasteiger charge is 2.14. The lowest BCUT2D eigenvalue weighted by Gasteiger charge is -2.19. The molecular formula is C28H33N3O3. The van der Waals surface area contributed by atoms with Gasteiger partial charge in [0, 0.05) is 0 Å². The Balaban J connectivity index is 1.45. The first kappa shape index (κ1) is 23.5. The molecule has 0 aliphatic carbocycles. The van der Waals surface area contributed by atoms with Crippen LogP contribution < -0.4 is 19.8 Å². The fraction of sp³-hybridized carbons (Fsp3) is 0.321. The minimum absolute atomic E-state index is 0.117. The van der Waals surface area contributed by atoms with Gasteiger partial charge in [-0.05, 0) is 47.4 Å². The monoisotopic (exact) mass is 459 g/mol. The zero-order valence-corrected chi connectivity index (χ0v) is 20.4. The number of benzene rings is 3. The molecule has 6 nitrogen and oxygen atoms in total. The summed E-state index contributed by atoms with van der Waals surface area (Å²) in [5.74, 6) is 2.24. The van der Waals surface area contributed by atoms with Crippen molar-refractivity contribution in [2.24, 2.45) is 0 Å². The summed E-state index contributed by atoms with van der Waals surface area (Å²) in [6, 6.07) is 24.0. The topological polar surface area (TPSA) is 61.4 Å². The molecule has 0 spiro atoms. The predicted octanol–water partition coefficient (Wildman–Crippen LogP) is 5.39. The summed E-state index contributed by atoms with van der Waals surface area (Å²) >= 11 is 0. The number of imidazole rings is 1. The SMILES string of the molecule is COc1ccccc1OCCn1c(=N)n(CCOc2ccc(C(C)(C)C)cc2)c2ccccc21. The number of methoxy groups -OCH3 is 1. The molecule has 0 bridgehead atoms. The van der Waals surface area contributed by atoms with Crippen molar-refractivity contribution in [2.75, 3.05) is 20.3 Å². The fourth-order valence-electron chi connectivity index (χ4n) is 4.04. The smallest absolute Gasteiger partial charge is 0.203 e. The zero-order valence-electron chi connectivity index (χ0n) is 20.4. The van der Waals surface area contributed by atoms with Gasteiger partial charge in [0.15, 0.2) is 11.5 Å². The van der Waals surface area contributed by atoms with E-state index in [9.17, 15) is 0 Å². The van der Waals surface area contributed by atoms with E-state index in [1.165, 1.54) is 5.56 Å². The lowest BCUT2D eigenvalue weighted by atomic mass is 9.87. The van der Waals surface area contributed by atoms with Crippen LogP contribution in [0.2, 0.25) is 0 Å². The molecule has 1 N–H and O–H groups in total. The van der Waals surface area contributed by atoms with Gasteiger partial charge >= 0.3 is 0 Å². The highest BCUT2D eigenvalue weighted by Crippen LogP contribution is 2.26. The van der Waals surface area contributed by atoms with Gasteiger partial charge in [0.25, 0.3) is 0 Å². The minimum atomic E-state index is 0.117. The first-order valence-electron chi connectivity index (χ1n) is 11.6. The molecule has 0 saturated heterocycles. The Morgan fingerprint density at radius 1 is 0.706 bits per heavy atom. The first-order valence-corrected chi connectivity index (χ1v) is 11.6. The number of rotatable bonds is 9. The molecule has 1 aromatic heterocycles. The zero-order chi connectivity index (χ0) is 24.1. The lowest BCUT2D eigenvalue weighted by molar-refractivity contribution is 0.275. The van der Waals surface area contributed by atoms with Crippen LogP contribution in [0.1, 0.15) is 26.3 Å². The van der Waals surface area contributed by atoms with E-state index in [-0.39, 0.29) is 5.41 Å². The van der Waals surface area contributed by atoms with Crippen LogP contribution in [0.25, 0.3) is 11.0 Å². The summed E-state index contributed by atoms with van der Waals surface area (Å²) in [4.78, 5) is 0. The highest BCUT2D eigenvalue weighted by molar-refractivity contribution is 5.75.